The lowest BCUT2D eigenvalue weighted by atomic mass is 9.82. The second-order valence-electron chi connectivity index (χ2n) is 16.1. The van der Waals surface area contributed by atoms with Gasteiger partial charge in [0.05, 0.1) is 11.1 Å². The summed E-state index contributed by atoms with van der Waals surface area (Å²) in [5, 5.41) is 2.22. The van der Waals surface area contributed by atoms with Crippen LogP contribution in [0, 0.1) is 0 Å². The Kier molecular flexibility index (Phi) is 8.20. The topological polar surface area (TPSA) is 16.4 Å². The molecule has 1 heterocycles. The summed E-state index contributed by atoms with van der Waals surface area (Å²) in [6.07, 6.45) is 0. The third-order valence-electron chi connectivity index (χ3n) is 12.3. The summed E-state index contributed by atoms with van der Waals surface area (Å²) in [7, 11) is 0. The summed E-state index contributed by atoms with van der Waals surface area (Å²) in [4.78, 5) is 2.40. The molecule has 0 saturated carbocycles. The molecule has 0 amide bonds. The molecule has 1 aliphatic rings. The van der Waals surface area contributed by atoms with Crippen LogP contribution in [0.1, 0.15) is 25.0 Å². The number of anilines is 3. The van der Waals surface area contributed by atoms with Crippen LogP contribution in [0.25, 0.3) is 77.6 Å². The van der Waals surface area contributed by atoms with E-state index in [-0.39, 0.29) is 5.41 Å². The Balaban J connectivity index is 1.11. The van der Waals surface area contributed by atoms with Crippen molar-refractivity contribution in [3.05, 3.63) is 223 Å². The van der Waals surface area contributed by atoms with Crippen molar-refractivity contribution in [3.63, 3.8) is 0 Å². The predicted molar refractivity (Wildman–Crippen MR) is 248 cm³/mol. The molecular formula is C57H41NO. The average molecular weight is 756 g/mol. The number of rotatable bonds is 7. The molecule has 0 atom stereocenters. The van der Waals surface area contributed by atoms with Gasteiger partial charge in [0.1, 0.15) is 11.2 Å². The van der Waals surface area contributed by atoms with Crippen molar-refractivity contribution >= 4 is 39.0 Å². The fraction of sp³-hybridized carbons (Fsp3) is 0.0526. The van der Waals surface area contributed by atoms with Gasteiger partial charge in [-0.05, 0) is 121 Å². The molecule has 0 aliphatic heterocycles. The molecule has 59 heavy (non-hydrogen) atoms. The fourth-order valence-corrected chi connectivity index (χ4v) is 9.32. The number of nitrogens with zero attached hydrogens (tertiary/aromatic N) is 1. The molecule has 280 valence electrons. The van der Waals surface area contributed by atoms with Gasteiger partial charge in [0, 0.05) is 22.2 Å². The van der Waals surface area contributed by atoms with Crippen LogP contribution in [0.3, 0.4) is 0 Å². The third kappa shape index (κ3) is 5.87. The second-order valence-corrected chi connectivity index (χ2v) is 16.1. The molecule has 0 fully saturated rings. The zero-order valence-corrected chi connectivity index (χ0v) is 33.1. The average Bonchev–Trinajstić information content (AvgIpc) is 3.78. The number of hydrogen-bond donors (Lipinski definition) is 0. The Morgan fingerprint density at radius 1 is 0.356 bits per heavy atom. The van der Waals surface area contributed by atoms with Gasteiger partial charge < -0.3 is 9.32 Å². The number of hydrogen-bond acceptors (Lipinski definition) is 2. The summed E-state index contributed by atoms with van der Waals surface area (Å²) in [5.74, 6) is 0. The van der Waals surface area contributed by atoms with E-state index in [1.54, 1.807) is 0 Å². The van der Waals surface area contributed by atoms with Gasteiger partial charge in [0.25, 0.3) is 0 Å². The van der Waals surface area contributed by atoms with Gasteiger partial charge in [-0.15, -0.1) is 0 Å². The maximum absolute atomic E-state index is 6.78. The highest BCUT2D eigenvalue weighted by Gasteiger charge is 2.36. The summed E-state index contributed by atoms with van der Waals surface area (Å²) in [5.41, 5.74) is 19.6. The van der Waals surface area contributed by atoms with Gasteiger partial charge in [-0.25, -0.2) is 0 Å². The molecule has 0 saturated heterocycles. The number of benzene rings is 9. The van der Waals surface area contributed by atoms with E-state index >= 15 is 0 Å². The highest BCUT2D eigenvalue weighted by molar-refractivity contribution is 6.15. The van der Waals surface area contributed by atoms with E-state index in [4.69, 9.17) is 4.42 Å². The van der Waals surface area contributed by atoms with Crippen LogP contribution < -0.4 is 4.90 Å². The molecule has 0 N–H and O–H groups in total. The number of fused-ring (bicyclic) bond motifs is 6. The first-order chi connectivity index (χ1) is 29.0. The first-order valence-electron chi connectivity index (χ1n) is 20.4. The smallest absolute Gasteiger partial charge is 0.137 e. The lowest BCUT2D eigenvalue weighted by Gasteiger charge is -2.27. The van der Waals surface area contributed by atoms with E-state index in [0.29, 0.717) is 0 Å². The first kappa shape index (κ1) is 34.8. The predicted octanol–water partition coefficient (Wildman–Crippen LogP) is 16.0. The normalized spacial score (nSPS) is 12.7. The van der Waals surface area contributed by atoms with Crippen LogP contribution >= 0.6 is 0 Å². The maximum Gasteiger partial charge on any atom is 0.137 e. The molecule has 11 rings (SSSR count). The summed E-state index contributed by atoms with van der Waals surface area (Å²) < 4.78 is 6.78. The lowest BCUT2D eigenvalue weighted by Crippen LogP contribution is -2.14. The maximum atomic E-state index is 6.78. The third-order valence-corrected chi connectivity index (χ3v) is 12.3. The molecular weight excluding hydrogens is 715 g/mol. The van der Waals surface area contributed by atoms with Crippen molar-refractivity contribution in [2.75, 3.05) is 4.90 Å². The van der Waals surface area contributed by atoms with Gasteiger partial charge >= 0.3 is 0 Å². The van der Waals surface area contributed by atoms with E-state index < -0.39 is 0 Å². The van der Waals surface area contributed by atoms with Crippen molar-refractivity contribution < 1.29 is 4.42 Å². The van der Waals surface area contributed by atoms with Crippen molar-refractivity contribution in [3.8, 4) is 55.6 Å². The van der Waals surface area contributed by atoms with Crippen LogP contribution in [0.2, 0.25) is 0 Å². The van der Waals surface area contributed by atoms with E-state index in [1.165, 1.54) is 55.6 Å². The van der Waals surface area contributed by atoms with Crippen molar-refractivity contribution in [2.24, 2.45) is 0 Å². The summed E-state index contributed by atoms with van der Waals surface area (Å²) in [6.45, 7) is 4.65. The fourth-order valence-electron chi connectivity index (χ4n) is 9.32. The Hall–Kier alpha value is -7.42. The van der Waals surface area contributed by atoms with Crippen LogP contribution in [0.5, 0.6) is 0 Å². The van der Waals surface area contributed by atoms with E-state index in [9.17, 15) is 0 Å². The minimum atomic E-state index is -0.116. The van der Waals surface area contributed by atoms with Crippen molar-refractivity contribution in [1.82, 2.24) is 0 Å². The molecule has 0 unspecified atom stereocenters. The zero-order chi connectivity index (χ0) is 39.5. The van der Waals surface area contributed by atoms with Crippen LogP contribution in [-0.2, 0) is 5.41 Å². The Bertz CT molecular complexity index is 3160. The van der Waals surface area contributed by atoms with Crippen molar-refractivity contribution in [1.29, 1.82) is 0 Å². The SMILES string of the molecule is CC1(C)c2ccccc2-c2cc3c(cc21)oc1cccc(N(c2ccc(-c4cc(-c5ccccc5)ccc4-c4ccccc4)cc2)c2cccc(-c4ccccc4)c2)c13. The second kappa shape index (κ2) is 13.9. The molecule has 0 radical (unpaired) electrons. The highest BCUT2D eigenvalue weighted by atomic mass is 16.3. The van der Waals surface area contributed by atoms with Crippen molar-refractivity contribution in [2.45, 2.75) is 19.3 Å². The Labute approximate surface area is 345 Å². The van der Waals surface area contributed by atoms with Gasteiger partial charge in [-0.3, -0.25) is 0 Å². The van der Waals surface area contributed by atoms with Crippen LogP contribution in [0.15, 0.2) is 217 Å². The van der Waals surface area contributed by atoms with E-state index in [0.717, 1.165) is 50.1 Å². The van der Waals surface area contributed by atoms with Gasteiger partial charge in [-0.1, -0.05) is 172 Å². The Morgan fingerprint density at radius 2 is 0.949 bits per heavy atom. The molecule has 1 aliphatic carbocycles. The van der Waals surface area contributed by atoms with Crippen LogP contribution in [-0.4, -0.2) is 0 Å². The molecule has 9 aromatic carbocycles. The van der Waals surface area contributed by atoms with Gasteiger partial charge in [0.15, 0.2) is 0 Å². The molecule has 1 aromatic heterocycles. The van der Waals surface area contributed by atoms with Crippen LogP contribution in [0.4, 0.5) is 17.1 Å². The minimum Gasteiger partial charge on any atom is -0.456 e. The Morgan fingerprint density at radius 3 is 1.68 bits per heavy atom. The molecule has 10 aromatic rings. The largest absolute Gasteiger partial charge is 0.456 e. The lowest BCUT2D eigenvalue weighted by molar-refractivity contribution is 0.647. The zero-order valence-electron chi connectivity index (χ0n) is 33.1. The minimum absolute atomic E-state index is 0.116. The summed E-state index contributed by atoms with van der Waals surface area (Å²) >= 11 is 0. The summed E-state index contributed by atoms with van der Waals surface area (Å²) in [6, 6.07) is 76.8. The monoisotopic (exact) mass is 755 g/mol. The standard InChI is InChI=1S/C57H41NO/c1-57(2)51-25-13-12-24-47(51)49-36-50-55(37-52(49)57)59-54-27-15-26-53(56(50)54)58(45-23-14-22-42(34-45)38-16-6-3-7-17-38)44-31-28-41(29-32-44)48-35-43(39-18-8-4-9-19-39)30-33-46(48)40-20-10-5-11-21-40/h3-37H,1-2H3. The number of furan rings is 1. The molecule has 0 bridgehead atoms. The first-order valence-corrected chi connectivity index (χ1v) is 20.4. The van der Waals surface area contributed by atoms with Gasteiger partial charge in [-0.2, -0.15) is 0 Å². The molecule has 0 spiro atoms. The highest BCUT2D eigenvalue weighted by Crippen LogP contribution is 2.52. The van der Waals surface area contributed by atoms with E-state index in [1.807, 2.05) is 0 Å². The van der Waals surface area contributed by atoms with Gasteiger partial charge in [0.2, 0.25) is 0 Å². The van der Waals surface area contributed by atoms with E-state index in [2.05, 4.69) is 231 Å². The molecule has 2 heteroatoms. The quantitative estimate of drug-likeness (QED) is 0.161. The molecule has 2 nitrogen and oxygen atoms in total.